The van der Waals surface area contributed by atoms with Gasteiger partial charge in [0, 0.05) is 17.6 Å². The zero-order valence-electron chi connectivity index (χ0n) is 9.77. The van der Waals surface area contributed by atoms with E-state index >= 15 is 0 Å². The van der Waals surface area contributed by atoms with E-state index in [2.05, 4.69) is 29.1 Å². The lowest BCUT2D eigenvalue weighted by atomic mass is 10.2. The average molecular weight is 215 g/mol. The molecule has 0 spiro atoms. The van der Waals surface area contributed by atoms with Gasteiger partial charge in [-0.3, -0.25) is 0 Å². The molecule has 1 unspecified atom stereocenters. The minimum atomic E-state index is 0.422. The van der Waals surface area contributed by atoms with Gasteiger partial charge in [-0.15, -0.1) is 0 Å². The van der Waals surface area contributed by atoms with Crippen molar-refractivity contribution in [2.24, 2.45) is 0 Å². The molecule has 0 saturated carbocycles. The van der Waals surface area contributed by atoms with Gasteiger partial charge in [0.15, 0.2) is 0 Å². The molecule has 2 aromatic rings. The summed E-state index contributed by atoms with van der Waals surface area (Å²) >= 11 is 0. The molecule has 3 nitrogen and oxygen atoms in total. The van der Waals surface area contributed by atoms with Gasteiger partial charge < -0.3 is 5.32 Å². The number of rotatable bonds is 4. The predicted molar refractivity (Wildman–Crippen MR) is 67.5 cm³/mol. The van der Waals surface area contributed by atoms with Crippen molar-refractivity contribution in [3.05, 3.63) is 30.5 Å². The summed E-state index contributed by atoms with van der Waals surface area (Å²) in [7, 11) is 0. The Hall–Kier alpha value is -1.64. The molecule has 0 amide bonds. The minimum absolute atomic E-state index is 0.422. The summed E-state index contributed by atoms with van der Waals surface area (Å²) in [5.41, 5.74) is 0.990. The normalized spacial score (nSPS) is 12.6. The van der Waals surface area contributed by atoms with Crippen molar-refractivity contribution in [3.63, 3.8) is 0 Å². The van der Waals surface area contributed by atoms with E-state index in [1.54, 1.807) is 0 Å². The Labute approximate surface area is 95.9 Å². The second-order valence-corrected chi connectivity index (χ2v) is 4.09. The molecule has 1 aromatic carbocycles. The summed E-state index contributed by atoms with van der Waals surface area (Å²) in [5.74, 6) is 0.722. The highest BCUT2D eigenvalue weighted by molar-refractivity contribution is 5.78. The monoisotopic (exact) mass is 215 g/mol. The Morgan fingerprint density at radius 2 is 2.12 bits per heavy atom. The van der Waals surface area contributed by atoms with Gasteiger partial charge in [0.05, 0.1) is 5.52 Å². The standard InChI is InChI=1S/C13H17N3/c1-3-6-10(2)15-13-14-9-11-7-4-5-8-12(11)16-13/h4-5,7-10H,3,6H2,1-2H3,(H,14,15,16). The molecular formula is C13H17N3. The molecule has 84 valence electrons. The average Bonchev–Trinajstić information content (AvgIpc) is 2.29. The first-order chi connectivity index (χ1) is 7.79. The van der Waals surface area contributed by atoms with Crippen molar-refractivity contribution >= 4 is 16.9 Å². The zero-order valence-corrected chi connectivity index (χ0v) is 9.77. The van der Waals surface area contributed by atoms with Gasteiger partial charge in [-0.2, -0.15) is 0 Å². The van der Waals surface area contributed by atoms with Gasteiger partial charge in [0.1, 0.15) is 0 Å². The molecule has 0 bridgehead atoms. The maximum absolute atomic E-state index is 4.48. The van der Waals surface area contributed by atoms with Crippen molar-refractivity contribution in [1.29, 1.82) is 0 Å². The summed E-state index contributed by atoms with van der Waals surface area (Å²) < 4.78 is 0. The van der Waals surface area contributed by atoms with E-state index in [1.807, 2.05) is 30.5 Å². The van der Waals surface area contributed by atoms with Crippen LogP contribution in [0, 0.1) is 0 Å². The fourth-order valence-corrected chi connectivity index (χ4v) is 1.77. The molecule has 3 heteroatoms. The highest BCUT2D eigenvalue weighted by atomic mass is 15.1. The van der Waals surface area contributed by atoms with Gasteiger partial charge in [0.2, 0.25) is 5.95 Å². The van der Waals surface area contributed by atoms with Crippen LogP contribution >= 0.6 is 0 Å². The van der Waals surface area contributed by atoms with Crippen LogP contribution in [0.3, 0.4) is 0 Å². The number of nitrogens with one attached hydrogen (secondary N) is 1. The maximum atomic E-state index is 4.48. The Morgan fingerprint density at radius 3 is 2.94 bits per heavy atom. The summed E-state index contributed by atoms with van der Waals surface area (Å²) in [4.78, 5) is 8.78. The first kappa shape index (κ1) is 10.9. The van der Waals surface area contributed by atoms with E-state index in [9.17, 15) is 0 Å². The van der Waals surface area contributed by atoms with Crippen LogP contribution in [0.2, 0.25) is 0 Å². The Kier molecular flexibility index (Phi) is 3.34. The van der Waals surface area contributed by atoms with Gasteiger partial charge in [-0.05, 0) is 19.4 Å². The second kappa shape index (κ2) is 4.92. The van der Waals surface area contributed by atoms with E-state index in [0.717, 1.165) is 23.3 Å². The van der Waals surface area contributed by atoms with Crippen LogP contribution in [0.4, 0.5) is 5.95 Å². The molecule has 1 heterocycles. The summed E-state index contributed by atoms with van der Waals surface area (Å²) in [6, 6.07) is 8.44. The van der Waals surface area contributed by atoms with Gasteiger partial charge in [-0.1, -0.05) is 31.5 Å². The second-order valence-electron chi connectivity index (χ2n) is 4.09. The van der Waals surface area contributed by atoms with Crippen molar-refractivity contribution in [2.45, 2.75) is 32.7 Å². The number of aromatic nitrogens is 2. The van der Waals surface area contributed by atoms with Crippen LogP contribution in [0.15, 0.2) is 30.5 Å². The largest absolute Gasteiger partial charge is 0.352 e. The topological polar surface area (TPSA) is 37.8 Å². The van der Waals surface area contributed by atoms with Gasteiger partial charge >= 0.3 is 0 Å². The lowest BCUT2D eigenvalue weighted by Gasteiger charge is -2.12. The van der Waals surface area contributed by atoms with Crippen LogP contribution in [-0.4, -0.2) is 16.0 Å². The molecule has 1 N–H and O–H groups in total. The summed E-state index contributed by atoms with van der Waals surface area (Å²) in [6.45, 7) is 4.33. The maximum Gasteiger partial charge on any atom is 0.223 e. The number of benzene rings is 1. The van der Waals surface area contributed by atoms with Crippen LogP contribution in [0.1, 0.15) is 26.7 Å². The van der Waals surface area contributed by atoms with Crippen molar-refractivity contribution in [3.8, 4) is 0 Å². The number of hydrogen-bond donors (Lipinski definition) is 1. The molecule has 0 radical (unpaired) electrons. The van der Waals surface area contributed by atoms with E-state index in [1.165, 1.54) is 6.42 Å². The van der Waals surface area contributed by atoms with Crippen LogP contribution in [0.5, 0.6) is 0 Å². The lowest BCUT2D eigenvalue weighted by molar-refractivity contribution is 0.684. The smallest absolute Gasteiger partial charge is 0.223 e. The fourth-order valence-electron chi connectivity index (χ4n) is 1.77. The van der Waals surface area contributed by atoms with Crippen molar-refractivity contribution in [2.75, 3.05) is 5.32 Å². The van der Waals surface area contributed by atoms with E-state index < -0.39 is 0 Å². The molecule has 0 fully saturated rings. The van der Waals surface area contributed by atoms with E-state index in [0.29, 0.717) is 6.04 Å². The minimum Gasteiger partial charge on any atom is -0.352 e. The molecule has 2 rings (SSSR count). The van der Waals surface area contributed by atoms with Crippen LogP contribution < -0.4 is 5.32 Å². The molecule has 0 aliphatic carbocycles. The third kappa shape index (κ3) is 2.48. The SMILES string of the molecule is CCCC(C)Nc1ncc2ccccc2n1. The molecule has 1 aromatic heterocycles. The van der Waals surface area contributed by atoms with Crippen molar-refractivity contribution in [1.82, 2.24) is 9.97 Å². The highest BCUT2D eigenvalue weighted by Crippen LogP contribution is 2.12. The van der Waals surface area contributed by atoms with E-state index in [4.69, 9.17) is 0 Å². The first-order valence-electron chi connectivity index (χ1n) is 5.78. The first-order valence-corrected chi connectivity index (χ1v) is 5.78. The molecule has 0 aliphatic heterocycles. The van der Waals surface area contributed by atoms with E-state index in [-0.39, 0.29) is 0 Å². The molecule has 16 heavy (non-hydrogen) atoms. The highest BCUT2D eigenvalue weighted by Gasteiger charge is 2.03. The summed E-state index contributed by atoms with van der Waals surface area (Å²) in [6.07, 6.45) is 4.17. The number of hydrogen-bond acceptors (Lipinski definition) is 3. The molecule has 0 aliphatic rings. The quantitative estimate of drug-likeness (QED) is 0.850. The lowest BCUT2D eigenvalue weighted by Crippen LogP contribution is -2.16. The number of para-hydroxylation sites is 1. The zero-order chi connectivity index (χ0) is 11.4. The third-order valence-electron chi connectivity index (χ3n) is 2.59. The van der Waals surface area contributed by atoms with Gasteiger partial charge in [-0.25, -0.2) is 9.97 Å². The predicted octanol–water partition coefficient (Wildman–Crippen LogP) is 3.23. The van der Waals surface area contributed by atoms with Crippen molar-refractivity contribution < 1.29 is 0 Å². The molecular weight excluding hydrogens is 198 g/mol. The number of nitrogens with zero attached hydrogens (tertiary/aromatic N) is 2. The number of anilines is 1. The third-order valence-corrected chi connectivity index (χ3v) is 2.59. The Balaban J connectivity index is 2.19. The molecule has 0 saturated heterocycles. The van der Waals surface area contributed by atoms with Gasteiger partial charge in [0.25, 0.3) is 0 Å². The van der Waals surface area contributed by atoms with Crippen LogP contribution in [-0.2, 0) is 0 Å². The summed E-state index contributed by atoms with van der Waals surface area (Å²) in [5, 5.41) is 4.39. The Morgan fingerprint density at radius 1 is 1.31 bits per heavy atom. The van der Waals surface area contributed by atoms with Crippen LogP contribution in [0.25, 0.3) is 10.9 Å². The number of fused-ring (bicyclic) bond motifs is 1. The molecule has 1 atom stereocenters. The Bertz CT molecular complexity index is 467. The fraction of sp³-hybridized carbons (Fsp3) is 0.385.